The first-order valence-electron chi connectivity index (χ1n) is 8.50. The summed E-state index contributed by atoms with van der Waals surface area (Å²) in [6.45, 7) is 2.47. The second kappa shape index (κ2) is 11.1. The molecule has 2 rings (SSSR count). The molecule has 1 aromatic heterocycles. The van der Waals surface area contributed by atoms with Crippen molar-refractivity contribution < 1.29 is 9.59 Å². The van der Waals surface area contributed by atoms with Crippen LogP contribution in [0.4, 0.5) is 4.79 Å². The Morgan fingerprint density at radius 1 is 1.19 bits per heavy atom. The normalized spacial score (nSPS) is 12.0. The minimum atomic E-state index is -1.62. The van der Waals surface area contributed by atoms with Gasteiger partial charge in [-0.1, -0.05) is 0 Å². The number of hydrogen-bond acceptors (Lipinski definition) is 3. The number of pyridine rings is 1. The quantitative estimate of drug-likeness (QED) is 0.222. The van der Waals surface area contributed by atoms with E-state index in [1.807, 2.05) is 37.3 Å². The van der Waals surface area contributed by atoms with Crippen LogP contribution in [0.3, 0.4) is 0 Å². The fourth-order valence-corrected chi connectivity index (χ4v) is 5.61. The van der Waals surface area contributed by atoms with E-state index in [-0.39, 0.29) is 18.0 Å². The average Bonchev–Trinajstić information content (AvgIpc) is 2.66. The molecule has 0 aliphatic carbocycles. The number of aromatic nitrogens is 1. The summed E-state index contributed by atoms with van der Waals surface area (Å²) in [6.07, 6.45) is 2.29. The summed E-state index contributed by atoms with van der Waals surface area (Å²) >= 11 is 4.11. The molecule has 1 atom stereocenters. The van der Waals surface area contributed by atoms with Crippen LogP contribution in [-0.4, -0.2) is 32.3 Å². The van der Waals surface area contributed by atoms with E-state index in [9.17, 15) is 9.59 Å². The molecule has 6 nitrogen and oxygen atoms in total. The zero-order chi connectivity index (χ0) is 19.6. The molecule has 0 fully saturated rings. The number of nitrogens with zero attached hydrogens (tertiary/aromatic N) is 1. The van der Waals surface area contributed by atoms with Gasteiger partial charge in [0.25, 0.3) is 0 Å². The van der Waals surface area contributed by atoms with Crippen molar-refractivity contribution >= 4 is 43.6 Å². The van der Waals surface area contributed by atoms with Gasteiger partial charge >= 0.3 is 173 Å². The van der Waals surface area contributed by atoms with Crippen molar-refractivity contribution in [3.63, 3.8) is 0 Å². The number of rotatable bonds is 8. The standard InChI is InChI=1S/C19H24ClIN4O2/c1-14(24-19(27)23-12-15-6-4-3-5-7-15)10-11-21(2)25-18(26)16-8-9-17(20)22-13-16/h3-9,13-14H,10-12H2,1-2H3,(H,25,26)(H2,23,24,27)/t14-/m1/s1. The Labute approximate surface area is 172 Å². The third kappa shape index (κ3) is 8.13. The Balaban J connectivity index is 1.66. The Morgan fingerprint density at radius 2 is 1.93 bits per heavy atom. The number of amides is 3. The van der Waals surface area contributed by atoms with Gasteiger partial charge in [-0.15, -0.1) is 0 Å². The average molecular weight is 503 g/mol. The molecule has 0 spiro atoms. The van der Waals surface area contributed by atoms with Crippen molar-refractivity contribution in [3.8, 4) is 0 Å². The van der Waals surface area contributed by atoms with Crippen LogP contribution < -0.4 is 14.2 Å². The van der Waals surface area contributed by atoms with Gasteiger partial charge in [0, 0.05) is 0 Å². The molecule has 0 saturated carbocycles. The number of urea groups is 1. The van der Waals surface area contributed by atoms with Crippen molar-refractivity contribution in [2.75, 3.05) is 9.36 Å². The fourth-order valence-electron chi connectivity index (χ4n) is 2.21. The number of alkyl halides is 2. The van der Waals surface area contributed by atoms with E-state index in [1.165, 1.54) is 6.20 Å². The van der Waals surface area contributed by atoms with Crippen LogP contribution in [0.1, 0.15) is 29.3 Å². The Hall–Kier alpha value is -1.87. The van der Waals surface area contributed by atoms with Gasteiger partial charge in [0.05, 0.1) is 0 Å². The maximum atomic E-state index is 12.2. The van der Waals surface area contributed by atoms with Crippen LogP contribution in [0.5, 0.6) is 0 Å². The molecule has 0 unspecified atom stereocenters. The monoisotopic (exact) mass is 502 g/mol. The SMILES string of the molecule is C[C@H](CCI(C)NC(=O)c1ccc(Cl)nc1)NC(=O)NCc1ccccc1. The van der Waals surface area contributed by atoms with Crippen LogP contribution in [0, 0.1) is 0 Å². The van der Waals surface area contributed by atoms with Crippen molar-refractivity contribution in [2.45, 2.75) is 25.9 Å². The summed E-state index contributed by atoms with van der Waals surface area (Å²) in [5.74, 6) is -0.118. The first kappa shape index (κ1) is 21.4. The summed E-state index contributed by atoms with van der Waals surface area (Å²) in [7, 11) is 0. The minimum absolute atomic E-state index is 0.0367. The molecule has 2 aromatic rings. The molecule has 1 aromatic carbocycles. The van der Waals surface area contributed by atoms with Crippen LogP contribution in [0.15, 0.2) is 48.7 Å². The van der Waals surface area contributed by atoms with Gasteiger partial charge in [0.1, 0.15) is 0 Å². The number of benzene rings is 1. The molecule has 0 radical (unpaired) electrons. The number of carbonyl (C=O) groups is 2. The molecular weight excluding hydrogens is 479 g/mol. The Bertz CT molecular complexity index is 743. The zero-order valence-electron chi connectivity index (χ0n) is 15.3. The first-order valence-corrected chi connectivity index (χ1v) is 13.6. The van der Waals surface area contributed by atoms with Gasteiger partial charge < -0.3 is 0 Å². The van der Waals surface area contributed by atoms with Crippen molar-refractivity contribution in [1.29, 1.82) is 0 Å². The summed E-state index contributed by atoms with van der Waals surface area (Å²) in [5.41, 5.74) is 1.57. The predicted octanol–water partition coefficient (Wildman–Crippen LogP) is 3.79. The second-order valence-electron chi connectivity index (χ2n) is 6.07. The summed E-state index contributed by atoms with van der Waals surface area (Å²) in [4.78, 5) is 30.2. The molecule has 0 saturated heterocycles. The van der Waals surface area contributed by atoms with Gasteiger partial charge in [-0.25, -0.2) is 0 Å². The van der Waals surface area contributed by atoms with Gasteiger partial charge in [0.15, 0.2) is 0 Å². The topological polar surface area (TPSA) is 83.1 Å². The van der Waals surface area contributed by atoms with E-state index in [2.05, 4.69) is 24.1 Å². The third-order valence-corrected chi connectivity index (χ3v) is 7.61. The van der Waals surface area contributed by atoms with E-state index in [0.29, 0.717) is 17.3 Å². The molecule has 3 amide bonds. The van der Waals surface area contributed by atoms with E-state index in [4.69, 9.17) is 11.6 Å². The molecule has 0 aliphatic rings. The Morgan fingerprint density at radius 3 is 2.59 bits per heavy atom. The molecular formula is C19H24ClIN4O2. The van der Waals surface area contributed by atoms with Crippen LogP contribution in [-0.2, 0) is 6.54 Å². The third-order valence-electron chi connectivity index (χ3n) is 3.74. The molecule has 146 valence electrons. The molecule has 8 heteroatoms. The van der Waals surface area contributed by atoms with Crippen molar-refractivity contribution in [3.05, 3.63) is 64.9 Å². The van der Waals surface area contributed by atoms with Crippen LogP contribution >= 0.6 is 31.7 Å². The van der Waals surface area contributed by atoms with Gasteiger partial charge in [-0.05, 0) is 0 Å². The summed E-state index contributed by atoms with van der Waals surface area (Å²) in [6, 6.07) is 12.9. The van der Waals surface area contributed by atoms with E-state index >= 15 is 0 Å². The zero-order valence-corrected chi connectivity index (χ0v) is 18.3. The number of halogens is 2. The molecule has 27 heavy (non-hydrogen) atoms. The summed E-state index contributed by atoms with van der Waals surface area (Å²) < 4.78 is 3.98. The second-order valence-corrected chi connectivity index (χ2v) is 11.4. The van der Waals surface area contributed by atoms with E-state index < -0.39 is 20.1 Å². The van der Waals surface area contributed by atoms with Gasteiger partial charge in [-0.2, -0.15) is 0 Å². The number of nitrogens with one attached hydrogen (secondary N) is 3. The fraction of sp³-hybridized carbons (Fsp3) is 0.316. The molecule has 0 bridgehead atoms. The number of carbonyl (C=O) groups excluding carboxylic acids is 2. The van der Waals surface area contributed by atoms with Gasteiger partial charge in [-0.3, -0.25) is 0 Å². The van der Waals surface area contributed by atoms with Crippen LogP contribution in [0.2, 0.25) is 5.15 Å². The summed E-state index contributed by atoms with van der Waals surface area (Å²) in [5, 5.41) is 6.15. The molecule has 1 heterocycles. The van der Waals surface area contributed by atoms with E-state index in [0.717, 1.165) is 16.4 Å². The van der Waals surface area contributed by atoms with E-state index in [1.54, 1.807) is 12.1 Å². The van der Waals surface area contributed by atoms with Gasteiger partial charge in [0.2, 0.25) is 0 Å². The molecule has 0 aliphatic heterocycles. The molecule has 3 N–H and O–H groups in total. The first-order chi connectivity index (χ1) is 12.9. The van der Waals surface area contributed by atoms with Crippen molar-refractivity contribution in [1.82, 2.24) is 19.1 Å². The van der Waals surface area contributed by atoms with Crippen molar-refractivity contribution in [2.24, 2.45) is 0 Å². The maximum absolute atomic E-state index is 12.2. The number of hydrogen-bond donors (Lipinski definition) is 3. The predicted molar refractivity (Wildman–Crippen MR) is 117 cm³/mol. The Kier molecular flexibility index (Phi) is 8.80. The van der Waals surface area contributed by atoms with Crippen LogP contribution in [0.25, 0.3) is 0 Å².